The Morgan fingerprint density at radius 2 is 1.90 bits per heavy atom. The molecule has 0 aromatic carbocycles. The van der Waals surface area contributed by atoms with Gasteiger partial charge in [-0.3, -0.25) is 0 Å². The van der Waals surface area contributed by atoms with Gasteiger partial charge in [0, 0.05) is 6.04 Å². The van der Waals surface area contributed by atoms with Crippen LogP contribution in [0.15, 0.2) is 0 Å². The first-order valence-electron chi connectivity index (χ1n) is 4.12. The van der Waals surface area contributed by atoms with Crippen LogP contribution in [0.5, 0.6) is 0 Å². The summed E-state index contributed by atoms with van der Waals surface area (Å²) in [5.41, 5.74) is 11.8. The van der Waals surface area contributed by atoms with E-state index < -0.39 is 0 Å². The van der Waals surface area contributed by atoms with E-state index in [0.717, 1.165) is 19.4 Å². The third-order valence-corrected chi connectivity index (χ3v) is 2.73. The minimum Gasteiger partial charge on any atom is -0.330 e. The van der Waals surface area contributed by atoms with Crippen molar-refractivity contribution in [1.29, 1.82) is 0 Å². The molecule has 0 atom stereocenters. The van der Waals surface area contributed by atoms with Crippen molar-refractivity contribution in [3.05, 3.63) is 0 Å². The largest absolute Gasteiger partial charge is 0.330 e. The van der Waals surface area contributed by atoms with E-state index in [4.69, 9.17) is 11.5 Å². The van der Waals surface area contributed by atoms with Crippen LogP contribution in [0.4, 0.5) is 0 Å². The van der Waals surface area contributed by atoms with Crippen molar-refractivity contribution >= 4 is 0 Å². The van der Waals surface area contributed by atoms with Crippen LogP contribution in [0.3, 0.4) is 0 Å². The number of hydrogen-bond donors (Lipinski definition) is 2. The summed E-state index contributed by atoms with van der Waals surface area (Å²) in [6.07, 6.45) is 4.75. The molecule has 10 heavy (non-hydrogen) atoms. The first-order chi connectivity index (χ1) is 4.66. The van der Waals surface area contributed by atoms with E-state index in [-0.39, 0.29) is 0 Å². The second kappa shape index (κ2) is 2.89. The zero-order valence-corrected chi connectivity index (χ0v) is 6.77. The van der Waals surface area contributed by atoms with Crippen LogP contribution < -0.4 is 11.5 Å². The highest BCUT2D eigenvalue weighted by atomic mass is 14.7. The average Bonchev–Trinajstić information content (AvgIpc) is 1.96. The Morgan fingerprint density at radius 1 is 1.40 bits per heavy atom. The second-order valence-electron chi connectivity index (χ2n) is 3.85. The van der Waals surface area contributed by atoms with Crippen molar-refractivity contribution in [2.24, 2.45) is 16.9 Å². The molecule has 0 amide bonds. The maximum absolute atomic E-state index is 5.77. The van der Waals surface area contributed by atoms with Gasteiger partial charge >= 0.3 is 0 Å². The van der Waals surface area contributed by atoms with Crippen LogP contribution in [0.1, 0.15) is 32.6 Å². The van der Waals surface area contributed by atoms with Crippen molar-refractivity contribution < 1.29 is 0 Å². The van der Waals surface area contributed by atoms with Gasteiger partial charge in [-0.15, -0.1) is 0 Å². The summed E-state index contributed by atoms with van der Waals surface area (Å²) in [6, 6.07) is 0.444. The summed E-state index contributed by atoms with van der Waals surface area (Å²) in [5, 5.41) is 0. The summed E-state index contributed by atoms with van der Waals surface area (Å²) >= 11 is 0. The van der Waals surface area contributed by atoms with E-state index in [1.807, 2.05) is 0 Å². The Morgan fingerprint density at radius 3 is 2.30 bits per heavy atom. The summed E-state index contributed by atoms with van der Waals surface area (Å²) in [4.78, 5) is 0. The Balaban J connectivity index is 2.38. The minimum atomic E-state index is 0.399. The second-order valence-corrected chi connectivity index (χ2v) is 3.85. The van der Waals surface area contributed by atoms with Crippen LogP contribution in [-0.4, -0.2) is 12.6 Å². The normalized spacial score (nSPS) is 41.7. The minimum absolute atomic E-state index is 0.399. The zero-order valence-electron chi connectivity index (χ0n) is 6.77. The SMILES string of the molecule is CC1(CN)CCC(N)CC1. The molecule has 2 heteroatoms. The molecule has 0 saturated heterocycles. The summed E-state index contributed by atoms with van der Waals surface area (Å²) in [6.45, 7) is 3.08. The van der Waals surface area contributed by atoms with Gasteiger partial charge in [0.2, 0.25) is 0 Å². The molecular formula is C8H18N2. The van der Waals surface area contributed by atoms with E-state index in [0.29, 0.717) is 11.5 Å². The fourth-order valence-corrected chi connectivity index (χ4v) is 1.54. The fraction of sp³-hybridized carbons (Fsp3) is 1.00. The Labute approximate surface area is 63.0 Å². The van der Waals surface area contributed by atoms with Crippen LogP contribution >= 0.6 is 0 Å². The number of nitrogens with two attached hydrogens (primary N) is 2. The van der Waals surface area contributed by atoms with Crippen LogP contribution in [0.2, 0.25) is 0 Å². The molecule has 0 aliphatic heterocycles. The lowest BCUT2D eigenvalue weighted by molar-refractivity contribution is 0.209. The highest BCUT2D eigenvalue weighted by Gasteiger charge is 2.27. The maximum atomic E-state index is 5.77. The molecule has 0 radical (unpaired) electrons. The van der Waals surface area contributed by atoms with E-state index >= 15 is 0 Å². The fourth-order valence-electron chi connectivity index (χ4n) is 1.54. The van der Waals surface area contributed by atoms with Gasteiger partial charge in [0.15, 0.2) is 0 Å². The topological polar surface area (TPSA) is 52.0 Å². The lowest BCUT2D eigenvalue weighted by Crippen LogP contribution is -2.36. The van der Waals surface area contributed by atoms with Gasteiger partial charge < -0.3 is 11.5 Å². The zero-order chi connectivity index (χ0) is 7.61. The van der Waals surface area contributed by atoms with E-state index in [9.17, 15) is 0 Å². The van der Waals surface area contributed by atoms with Gasteiger partial charge in [0.25, 0.3) is 0 Å². The quantitative estimate of drug-likeness (QED) is 0.570. The summed E-state index contributed by atoms with van der Waals surface area (Å²) in [7, 11) is 0. The third kappa shape index (κ3) is 1.70. The molecule has 1 saturated carbocycles. The molecule has 0 heterocycles. The number of rotatable bonds is 1. The molecule has 4 N–H and O–H groups in total. The monoisotopic (exact) mass is 142 g/mol. The first-order valence-corrected chi connectivity index (χ1v) is 4.12. The van der Waals surface area contributed by atoms with Crippen molar-refractivity contribution in [1.82, 2.24) is 0 Å². The molecule has 0 aromatic rings. The van der Waals surface area contributed by atoms with Gasteiger partial charge in [-0.1, -0.05) is 6.92 Å². The van der Waals surface area contributed by atoms with Crippen molar-refractivity contribution in [3.63, 3.8) is 0 Å². The lowest BCUT2D eigenvalue weighted by atomic mass is 9.74. The Bertz CT molecular complexity index is 104. The van der Waals surface area contributed by atoms with Crippen LogP contribution in [0, 0.1) is 5.41 Å². The predicted octanol–water partition coefficient (Wildman–Crippen LogP) is 0.853. The van der Waals surface area contributed by atoms with Crippen molar-refractivity contribution in [2.75, 3.05) is 6.54 Å². The van der Waals surface area contributed by atoms with Crippen molar-refractivity contribution in [3.8, 4) is 0 Å². The molecular weight excluding hydrogens is 124 g/mol. The van der Waals surface area contributed by atoms with Gasteiger partial charge in [-0.2, -0.15) is 0 Å². The summed E-state index contributed by atoms with van der Waals surface area (Å²) in [5.74, 6) is 0. The van der Waals surface area contributed by atoms with Gasteiger partial charge in [0.05, 0.1) is 0 Å². The summed E-state index contributed by atoms with van der Waals surface area (Å²) < 4.78 is 0. The highest BCUT2D eigenvalue weighted by molar-refractivity contribution is 4.83. The predicted molar refractivity (Wildman–Crippen MR) is 43.6 cm³/mol. The first kappa shape index (κ1) is 8.02. The van der Waals surface area contributed by atoms with Gasteiger partial charge in [0.1, 0.15) is 0 Å². The van der Waals surface area contributed by atoms with Gasteiger partial charge in [-0.25, -0.2) is 0 Å². The van der Waals surface area contributed by atoms with E-state index in [1.165, 1.54) is 12.8 Å². The molecule has 1 rings (SSSR count). The molecule has 1 aliphatic rings. The maximum Gasteiger partial charge on any atom is 0.00392 e. The molecule has 60 valence electrons. The third-order valence-electron chi connectivity index (χ3n) is 2.73. The molecule has 0 bridgehead atoms. The molecule has 0 aromatic heterocycles. The van der Waals surface area contributed by atoms with Crippen LogP contribution in [0.25, 0.3) is 0 Å². The molecule has 2 nitrogen and oxygen atoms in total. The number of hydrogen-bond acceptors (Lipinski definition) is 2. The van der Waals surface area contributed by atoms with E-state index in [1.54, 1.807) is 0 Å². The van der Waals surface area contributed by atoms with Crippen LogP contribution in [-0.2, 0) is 0 Å². The molecule has 1 fully saturated rings. The highest BCUT2D eigenvalue weighted by Crippen LogP contribution is 2.33. The average molecular weight is 142 g/mol. The molecule has 0 spiro atoms. The van der Waals surface area contributed by atoms with E-state index in [2.05, 4.69) is 6.92 Å². The molecule has 1 aliphatic carbocycles. The van der Waals surface area contributed by atoms with Crippen molar-refractivity contribution in [2.45, 2.75) is 38.6 Å². The smallest absolute Gasteiger partial charge is 0.00392 e. The Hall–Kier alpha value is -0.0800. The lowest BCUT2D eigenvalue weighted by Gasteiger charge is -2.34. The molecule has 0 unspecified atom stereocenters. The standard InChI is InChI=1S/C8H18N2/c1-8(6-9)4-2-7(10)3-5-8/h7H,2-6,9-10H2,1H3. The Kier molecular flexibility index (Phi) is 2.32. The van der Waals surface area contributed by atoms with Gasteiger partial charge in [-0.05, 0) is 37.6 Å².